The van der Waals surface area contributed by atoms with Crippen molar-refractivity contribution < 1.29 is 9.90 Å². The Kier molecular flexibility index (Phi) is 5.87. The van der Waals surface area contributed by atoms with Crippen molar-refractivity contribution >= 4 is 17.4 Å². The van der Waals surface area contributed by atoms with Crippen LogP contribution in [0.25, 0.3) is 0 Å². The molecule has 1 amide bonds. The third-order valence-electron chi connectivity index (χ3n) is 3.01. The molecule has 0 radical (unpaired) electrons. The zero-order chi connectivity index (χ0) is 14.5. The summed E-state index contributed by atoms with van der Waals surface area (Å²) in [6.45, 7) is 8.93. The molecule has 19 heavy (non-hydrogen) atoms. The highest BCUT2D eigenvalue weighted by molar-refractivity contribution is 7.08. The van der Waals surface area contributed by atoms with E-state index in [2.05, 4.69) is 28.8 Å². The SMILES string of the molecule is CC(C)c1nnsc1C(=O)NCC(C)(C)CCCO. The first-order valence-corrected chi connectivity index (χ1v) is 7.36. The lowest BCUT2D eigenvalue weighted by Crippen LogP contribution is -2.34. The molecule has 0 aliphatic rings. The van der Waals surface area contributed by atoms with Crippen molar-refractivity contribution in [1.82, 2.24) is 14.9 Å². The van der Waals surface area contributed by atoms with Gasteiger partial charge in [0.05, 0.1) is 5.69 Å². The average molecular weight is 285 g/mol. The van der Waals surface area contributed by atoms with Gasteiger partial charge in [-0.3, -0.25) is 4.79 Å². The Morgan fingerprint density at radius 3 is 2.74 bits per heavy atom. The number of amides is 1. The van der Waals surface area contributed by atoms with E-state index in [-0.39, 0.29) is 23.8 Å². The summed E-state index contributed by atoms with van der Waals surface area (Å²) in [5.74, 6) is 0.0951. The number of hydrogen-bond donors (Lipinski definition) is 2. The molecule has 5 nitrogen and oxygen atoms in total. The number of nitrogens with zero attached hydrogens (tertiary/aromatic N) is 2. The van der Waals surface area contributed by atoms with E-state index in [1.165, 1.54) is 0 Å². The lowest BCUT2D eigenvalue weighted by molar-refractivity contribution is 0.0935. The van der Waals surface area contributed by atoms with Gasteiger partial charge in [-0.25, -0.2) is 0 Å². The van der Waals surface area contributed by atoms with Crippen molar-refractivity contribution in [2.45, 2.75) is 46.5 Å². The summed E-state index contributed by atoms with van der Waals surface area (Å²) < 4.78 is 3.86. The van der Waals surface area contributed by atoms with E-state index in [9.17, 15) is 4.79 Å². The van der Waals surface area contributed by atoms with Crippen LogP contribution < -0.4 is 5.32 Å². The van der Waals surface area contributed by atoms with Crippen LogP contribution in [0, 0.1) is 5.41 Å². The number of carbonyl (C=O) groups is 1. The molecule has 0 aromatic carbocycles. The van der Waals surface area contributed by atoms with E-state index in [4.69, 9.17) is 5.11 Å². The fourth-order valence-corrected chi connectivity index (χ4v) is 2.51. The molecule has 0 saturated heterocycles. The van der Waals surface area contributed by atoms with Crippen molar-refractivity contribution in [3.05, 3.63) is 10.6 Å². The second-order valence-electron chi connectivity index (χ2n) is 5.82. The molecule has 6 heteroatoms. The van der Waals surface area contributed by atoms with Gasteiger partial charge in [0.15, 0.2) is 0 Å². The molecule has 0 aliphatic heterocycles. The monoisotopic (exact) mass is 285 g/mol. The Hall–Kier alpha value is -1.01. The van der Waals surface area contributed by atoms with Crippen molar-refractivity contribution in [2.75, 3.05) is 13.2 Å². The van der Waals surface area contributed by atoms with E-state index in [1.807, 2.05) is 13.8 Å². The fourth-order valence-electron chi connectivity index (χ4n) is 1.78. The fraction of sp³-hybridized carbons (Fsp3) is 0.769. The molecular formula is C13H23N3O2S. The largest absolute Gasteiger partial charge is 0.396 e. The average Bonchev–Trinajstić information content (AvgIpc) is 2.83. The van der Waals surface area contributed by atoms with Crippen molar-refractivity contribution in [3.63, 3.8) is 0 Å². The third kappa shape index (κ3) is 4.87. The van der Waals surface area contributed by atoms with Gasteiger partial charge in [-0.1, -0.05) is 32.2 Å². The highest BCUT2D eigenvalue weighted by Gasteiger charge is 2.22. The smallest absolute Gasteiger partial charge is 0.264 e. The van der Waals surface area contributed by atoms with E-state index in [0.717, 1.165) is 30.1 Å². The number of aromatic nitrogens is 2. The Balaban J connectivity index is 2.58. The van der Waals surface area contributed by atoms with Crippen LogP contribution in [0.5, 0.6) is 0 Å². The van der Waals surface area contributed by atoms with E-state index < -0.39 is 0 Å². The molecule has 0 unspecified atom stereocenters. The minimum Gasteiger partial charge on any atom is -0.396 e. The van der Waals surface area contributed by atoms with Crippen molar-refractivity contribution in [1.29, 1.82) is 0 Å². The second-order valence-corrected chi connectivity index (χ2v) is 6.57. The van der Waals surface area contributed by atoms with Crippen molar-refractivity contribution in [2.24, 2.45) is 5.41 Å². The van der Waals surface area contributed by atoms with Gasteiger partial charge in [0, 0.05) is 13.2 Å². The Morgan fingerprint density at radius 1 is 1.47 bits per heavy atom. The zero-order valence-corrected chi connectivity index (χ0v) is 12.9. The van der Waals surface area contributed by atoms with Crippen LogP contribution in [0.3, 0.4) is 0 Å². The van der Waals surface area contributed by atoms with Gasteiger partial charge >= 0.3 is 0 Å². The topological polar surface area (TPSA) is 75.1 Å². The molecular weight excluding hydrogens is 262 g/mol. The molecule has 108 valence electrons. The molecule has 1 aromatic rings. The van der Waals surface area contributed by atoms with Gasteiger partial charge in [-0.2, -0.15) is 0 Å². The predicted molar refractivity (Wildman–Crippen MR) is 76.4 cm³/mol. The van der Waals surface area contributed by atoms with Gasteiger partial charge in [0.2, 0.25) is 0 Å². The van der Waals surface area contributed by atoms with E-state index >= 15 is 0 Å². The number of aliphatic hydroxyl groups excluding tert-OH is 1. The van der Waals surface area contributed by atoms with Crippen LogP contribution in [0.15, 0.2) is 0 Å². The highest BCUT2D eigenvalue weighted by atomic mass is 32.1. The minimum atomic E-state index is -0.101. The van der Waals surface area contributed by atoms with Gasteiger partial charge in [-0.05, 0) is 35.7 Å². The minimum absolute atomic E-state index is 0.0193. The first kappa shape index (κ1) is 16.0. The van der Waals surface area contributed by atoms with Crippen LogP contribution in [-0.4, -0.2) is 33.8 Å². The molecule has 0 aliphatic carbocycles. The number of aliphatic hydroxyl groups is 1. The number of hydrogen-bond acceptors (Lipinski definition) is 5. The maximum atomic E-state index is 12.1. The van der Waals surface area contributed by atoms with Crippen LogP contribution in [0.2, 0.25) is 0 Å². The standard InChI is InChI=1S/C13H23N3O2S/c1-9(2)10-11(19-16-15-10)12(18)14-8-13(3,4)6-5-7-17/h9,17H,5-8H2,1-4H3,(H,14,18). The van der Waals surface area contributed by atoms with Gasteiger partial charge in [-0.15, -0.1) is 5.10 Å². The summed E-state index contributed by atoms with van der Waals surface area (Å²) in [6, 6.07) is 0. The van der Waals surface area contributed by atoms with Crippen LogP contribution in [-0.2, 0) is 0 Å². The van der Waals surface area contributed by atoms with E-state index in [1.54, 1.807) is 0 Å². The summed E-state index contributed by atoms with van der Waals surface area (Å²) in [7, 11) is 0. The predicted octanol–water partition coefficient (Wildman–Crippen LogP) is 2.19. The molecule has 1 aromatic heterocycles. The number of carbonyl (C=O) groups excluding carboxylic acids is 1. The van der Waals surface area contributed by atoms with Crippen LogP contribution >= 0.6 is 11.5 Å². The van der Waals surface area contributed by atoms with Gasteiger partial charge < -0.3 is 10.4 Å². The van der Waals surface area contributed by atoms with Crippen molar-refractivity contribution in [3.8, 4) is 0 Å². The Labute approximate surface area is 118 Å². The number of nitrogens with one attached hydrogen (secondary N) is 1. The summed E-state index contributed by atoms with van der Waals surface area (Å²) in [6.07, 6.45) is 1.63. The molecule has 0 spiro atoms. The van der Waals surface area contributed by atoms with Crippen LogP contribution in [0.1, 0.15) is 61.8 Å². The third-order valence-corrected chi connectivity index (χ3v) is 3.75. The summed E-state index contributed by atoms with van der Waals surface area (Å²) in [4.78, 5) is 12.7. The first-order valence-electron chi connectivity index (χ1n) is 6.58. The Bertz CT molecular complexity index is 416. The summed E-state index contributed by atoms with van der Waals surface area (Å²) in [5, 5.41) is 15.8. The quantitative estimate of drug-likeness (QED) is 0.805. The molecule has 0 bridgehead atoms. The Morgan fingerprint density at radius 2 is 2.16 bits per heavy atom. The lowest BCUT2D eigenvalue weighted by Gasteiger charge is -2.24. The number of rotatable bonds is 7. The molecule has 0 atom stereocenters. The maximum Gasteiger partial charge on any atom is 0.264 e. The van der Waals surface area contributed by atoms with Gasteiger partial charge in [0.1, 0.15) is 4.88 Å². The molecule has 1 heterocycles. The summed E-state index contributed by atoms with van der Waals surface area (Å²) >= 11 is 1.14. The molecule has 2 N–H and O–H groups in total. The second kappa shape index (κ2) is 6.96. The highest BCUT2D eigenvalue weighted by Crippen LogP contribution is 2.22. The van der Waals surface area contributed by atoms with Gasteiger partial charge in [0.25, 0.3) is 5.91 Å². The molecule has 0 fully saturated rings. The zero-order valence-electron chi connectivity index (χ0n) is 12.1. The normalized spacial score (nSPS) is 11.9. The summed E-state index contributed by atoms with van der Waals surface area (Å²) in [5.41, 5.74) is 0.741. The first-order chi connectivity index (χ1) is 8.87. The molecule has 1 rings (SSSR count). The van der Waals surface area contributed by atoms with E-state index in [0.29, 0.717) is 11.4 Å². The van der Waals surface area contributed by atoms with Crippen LogP contribution in [0.4, 0.5) is 0 Å². The maximum absolute atomic E-state index is 12.1. The lowest BCUT2D eigenvalue weighted by atomic mass is 9.88. The molecule has 0 saturated carbocycles.